The van der Waals surface area contributed by atoms with E-state index in [0.717, 1.165) is 29.5 Å². The van der Waals surface area contributed by atoms with Crippen LogP contribution in [-0.2, 0) is 29.4 Å². The van der Waals surface area contributed by atoms with Crippen LogP contribution in [0.1, 0.15) is 23.3 Å². The Morgan fingerprint density at radius 3 is 2.95 bits per heavy atom. The van der Waals surface area contributed by atoms with Gasteiger partial charge < -0.3 is 4.74 Å². The van der Waals surface area contributed by atoms with Gasteiger partial charge in [-0.25, -0.2) is 4.98 Å². The summed E-state index contributed by atoms with van der Waals surface area (Å²) < 4.78 is 6.16. The molecule has 5 nitrogen and oxygen atoms in total. The number of carbonyl (C=O) groups is 1. The number of ether oxygens (including phenoxy) is 1. The third-order valence-electron chi connectivity index (χ3n) is 3.70. The maximum atomic E-state index is 12.6. The van der Waals surface area contributed by atoms with E-state index < -0.39 is 0 Å². The van der Waals surface area contributed by atoms with Crippen LogP contribution in [0, 0.1) is 0 Å². The third kappa shape index (κ3) is 2.60. The summed E-state index contributed by atoms with van der Waals surface area (Å²) in [7, 11) is 3.06. The number of carbonyl (C=O) groups excluding carboxylic acids is 1. The first-order valence-electron chi connectivity index (χ1n) is 6.82. The molecule has 0 saturated carbocycles. The van der Waals surface area contributed by atoms with Crippen LogP contribution in [0.25, 0.3) is 10.2 Å². The SMILES string of the molecule is COC(=O)CSc1nc2sc3c(c2c(=O)n1C)CCCC3. The Morgan fingerprint density at radius 1 is 1.43 bits per heavy atom. The van der Waals surface area contributed by atoms with E-state index in [9.17, 15) is 9.59 Å². The largest absolute Gasteiger partial charge is 0.468 e. The molecule has 0 N–H and O–H groups in total. The number of aromatic nitrogens is 2. The molecule has 1 aliphatic rings. The Morgan fingerprint density at radius 2 is 2.19 bits per heavy atom. The van der Waals surface area contributed by atoms with Crippen molar-refractivity contribution in [1.82, 2.24) is 9.55 Å². The van der Waals surface area contributed by atoms with Crippen molar-refractivity contribution in [3.63, 3.8) is 0 Å². The number of esters is 1. The number of thioether (sulfide) groups is 1. The zero-order valence-corrected chi connectivity index (χ0v) is 13.6. The lowest BCUT2D eigenvalue weighted by Crippen LogP contribution is -2.21. The molecule has 0 unspecified atom stereocenters. The second kappa shape index (κ2) is 5.81. The highest BCUT2D eigenvalue weighted by Crippen LogP contribution is 2.34. The Bertz CT molecular complexity index is 764. The van der Waals surface area contributed by atoms with E-state index in [1.165, 1.54) is 40.3 Å². The lowest BCUT2D eigenvalue weighted by Gasteiger charge is -2.10. The molecule has 0 bridgehead atoms. The Hall–Kier alpha value is -1.34. The van der Waals surface area contributed by atoms with Crippen molar-refractivity contribution in [3.8, 4) is 0 Å². The standard InChI is InChI=1S/C14H16N2O3S2/c1-16-13(18)11-8-5-3-4-6-9(8)21-12(11)15-14(16)20-7-10(17)19-2/h3-7H2,1-2H3. The smallest absolute Gasteiger partial charge is 0.316 e. The first-order valence-corrected chi connectivity index (χ1v) is 8.63. The van der Waals surface area contributed by atoms with Gasteiger partial charge in [0.2, 0.25) is 0 Å². The molecule has 112 valence electrons. The van der Waals surface area contributed by atoms with Gasteiger partial charge in [-0.2, -0.15) is 0 Å². The summed E-state index contributed by atoms with van der Waals surface area (Å²) >= 11 is 2.86. The zero-order valence-electron chi connectivity index (χ0n) is 12.0. The molecule has 0 radical (unpaired) electrons. The number of hydrogen-bond donors (Lipinski definition) is 0. The molecule has 7 heteroatoms. The molecule has 0 fully saturated rings. The third-order valence-corrected chi connectivity index (χ3v) is 5.89. The topological polar surface area (TPSA) is 61.2 Å². The molecule has 0 atom stereocenters. The highest BCUT2D eigenvalue weighted by molar-refractivity contribution is 7.99. The molecule has 21 heavy (non-hydrogen) atoms. The number of hydrogen-bond acceptors (Lipinski definition) is 6. The number of methoxy groups -OCH3 is 1. The normalized spacial score (nSPS) is 14.2. The molecule has 0 spiro atoms. The molecule has 2 aromatic rings. The first kappa shape index (κ1) is 14.6. The lowest BCUT2D eigenvalue weighted by molar-refractivity contribution is -0.137. The fourth-order valence-electron chi connectivity index (χ4n) is 2.58. The summed E-state index contributed by atoms with van der Waals surface area (Å²) in [5.74, 6) is -0.160. The van der Waals surface area contributed by atoms with E-state index in [-0.39, 0.29) is 17.3 Å². The summed E-state index contributed by atoms with van der Waals surface area (Å²) in [6, 6.07) is 0. The van der Waals surface area contributed by atoms with Gasteiger partial charge in [0.05, 0.1) is 18.2 Å². The van der Waals surface area contributed by atoms with E-state index in [2.05, 4.69) is 9.72 Å². The molecule has 0 aromatic carbocycles. The second-order valence-corrected chi connectivity index (χ2v) is 7.04. The van der Waals surface area contributed by atoms with E-state index in [1.807, 2.05) is 0 Å². The van der Waals surface area contributed by atoms with Crippen molar-refractivity contribution in [2.24, 2.45) is 7.05 Å². The van der Waals surface area contributed by atoms with Gasteiger partial charge in [-0.1, -0.05) is 11.8 Å². The predicted octanol–water partition coefficient (Wildman–Crippen LogP) is 2.14. The van der Waals surface area contributed by atoms with Crippen LogP contribution in [0.4, 0.5) is 0 Å². The molecule has 0 aliphatic heterocycles. The Balaban J connectivity index is 2.06. The van der Waals surface area contributed by atoms with Crippen LogP contribution in [-0.4, -0.2) is 28.4 Å². The summed E-state index contributed by atoms with van der Waals surface area (Å²) in [4.78, 5) is 30.5. The fraction of sp³-hybridized carbons (Fsp3) is 0.500. The van der Waals surface area contributed by atoms with Crippen LogP contribution in [0.3, 0.4) is 0 Å². The minimum Gasteiger partial charge on any atom is -0.468 e. The van der Waals surface area contributed by atoms with E-state index in [1.54, 1.807) is 18.4 Å². The van der Waals surface area contributed by atoms with Crippen molar-refractivity contribution in [3.05, 3.63) is 20.8 Å². The monoisotopic (exact) mass is 324 g/mol. The average molecular weight is 324 g/mol. The molecular weight excluding hydrogens is 308 g/mol. The van der Waals surface area contributed by atoms with Crippen molar-refractivity contribution in [1.29, 1.82) is 0 Å². The van der Waals surface area contributed by atoms with Gasteiger partial charge in [0.25, 0.3) is 5.56 Å². The Labute approximate surface area is 130 Å². The summed E-state index contributed by atoms with van der Waals surface area (Å²) in [5, 5.41) is 1.34. The van der Waals surface area contributed by atoms with Gasteiger partial charge in [0, 0.05) is 11.9 Å². The summed E-state index contributed by atoms with van der Waals surface area (Å²) in [6.45, 7) is 0. The molecule has 0 amide bonds. The van der Waals surface area contributed by atoms with Crippen molar-refractivity contribution in [2.75, 3.05) is 12.9 Å². The van der Waals surface area contributed by atoms with Crippen LogP contribution >= 0.6 is 23.1 Å². The molecule has 0 saturated heterocycles. The van der Waals surface area contributed by atoms with Crippen LogP contribution in [0.15, 0.2) is 9.95 Å². The van der Waals surface area contributed by atoms with E-state index in [0.29, 0.717) is 5.16 Å². The van der Waals surface area contributed by atoms with Gasteiger partial charge in [-0.05, 0) is 31.2 Å². The van der Waals surface area contributed by atoms with E-state index >= 15 is 0 Å². The number of thiophene rings is 1. The van der Waals surface area contributed by atoms with Crippen LogP contribution in [0.2, 0.25) is 0 Å². The molecular formula is C14H16N2O3S2. The Kier molecular flexibility index (Phi) is 4.03. The predicted molar refractivity (Wildman–Crippen MR) is 84.2 cm³/mol. The summed E-state index contributed by atoms with van der Waals surface area (Å²) in [6.07, 6.45) is 4.34. The minimum atomic E-state index is -0.320. The molecule has 2 aromatic heterocycles. The minimum absolute atomic E-state index is 0.00762. The number of rotatable bonds is 3. The highest BCUT2D eigenvalue weighted by atomic mass is 32.2. The number of nitrogens with zero attached hydrogens (tertiary/aromatic N) is 2. The number of fused-ring (bicyclic) bond motifs is 3. The van der Waals surface area contributed by atoms with Crippen molar-refractivity contribution in [2.45, 2.75) is 30.8 Å². The first-order chi connectivity index (χ1) is 10.1. The average Bonchev–Trinajstić information content (AvgIpc) is 2.87. The maximum absolute atomic E-state index is 12.6. The van der Waals surface area contributed by atoms with Gasteiger partial charge in [-0.3, -0.25) is 14.2 Å². The zero-order chi connectivity index (χ0) is 15.0. The lowest BCUT2D eigenvalue weighted by atomic mass is 9.97. The maximum Gasteiger partial charge on any atom is 0.316 e. The van der Waals surface area contributed by atoms with E-state index in [4.69, 9.17) is 0 Å². The van der Waals surface area contributed by atoms with Crippen molar-refractivity contribution >= 4 is 39.3 Å². The van der Waals surface area contributed by atoms with Crippen LogP contribution in [0.5, 0.6) is 0 Å². The molecule has 1 aliphatic carbocycles. The van der Waals surface area contributed by atoms with Crippen molar-refractivity contribution < 1.29 is 9.53 Å². The van der Waals surface area contributed by atoms with Gasteiger partial charge in [0.1, 0.15) is 4.83 Å². The quantitative estimate of drug-likeness (QED) is 0.492. The number of aryl methyl sites for hydroxylation is 2. The fourth-order valence-corrected chi connectivity index (χ4v) is 4.69. The molecule has 3 rings (SSSR count). The van der Waals surface area contributed by atoms with Gasteiger partial charge >= 0.3 is 5.97 Å². The van der Waals surface area contributed by atoms with Gasteiger partial charge in [-0.15, -0.1) is 11.3 Å². The summed E-state index contributed by atoms with van der Waals surface area (Å²) in [5.41, 5.74) is 1.19. The second-order valence-electron chi connectivity index (χ2n) is 5.01. The molecule has 2 heterocycles. The highest BCUT2D eigenvalue weighted by Gasteiger charge is 2.21. The van der Waals surface area contributed by atoms with Crippen LogP contribution < -0.4 is 5.56 Å². The van der Waals surface area contributed by atoms with Gasteiger partial charge in [0.15, 0.2) is 5.16 Å².